The average Bonchev–Trinajstić information content (AvgIpc) is 2.79. The Kier molecular flexibility index (Phi) is 4.62. The zero-order valence-electron chi connectivity index (χ0n) is 14.0. The molecule has 0 aromatic rings. The van der Waals surface area contributed by atoms with Crippen LogP contribution < -0.4 is 5.32 Å². The summed E-state index contributed by atoms with van der Waals surface area (Å²) in [7, 11) is -0.960. The lowest BCUT2D eigenvalue weighted by atomic mass is 9.76. The summed E-state index contributed by atoms with van der Waals surface area (Å²) < 4.78 is 0. The van der Waals surface area contributed by atoms with Crippen molar-refractivity contribution in [1.29, 1.82) is 0 Å². The lowest BCUT2D eigenvalue weighted by Gasteiger charge is -2.36. The standard InChI is InChI=1S/C18H35NSi/c1-20(2,3)18-13-14(12-15-8-6-7-11-19-15)16-9-4-5-10-17(16)18/h14-19H,4-13H2,1-3H3. The van der Waals surface area contributed by atoms with Crippen LogP contribution in [0, 0.1) is 17.8 Å². The maximum Gasteiger partial charge on any atom is 0.0476 e. The van der Waals surface area contributed by atoms with Crippen LogP contribution in [0.25, 0.3) is 0 Å². The molecule has 20 heavy (non-hydrogen) atoms. The van der Waals surface area contributed by atoms with Crippen molar-refractivity contribution < 1.29 is 0 Å². The van der Waals surface area contributed by atoms with Crippen molar-refractivity contribution >= 4 is 8.07 Å². The van der Waals surface area contributed by atoms with Gasteiger partial charge in [0.05, 0.1) is 0 Å². The van der Waals surface area contributed by atoms with E-state index in [0.29, 0.717) is 0 Å². The molecule has 1 aliphatic heterocycles. The van der Waals surface area contributed by atoms with Crippen molar-refractivity contribution in [2.45, 2.75) is 89.0 Å². The first-order valence-electron chi connectivity index (χ1n) is 9.29. The van der Waals surface area contributed by atoms with E-state index in [9.17, 15) is 0 Å². The zero-order valence-corrected chi connectivity index (χ0v) is 15.0. The summed E-state index contributed by atoms with van der Waals surface area (Å²) in [5, 5.41) is 3.81. The molecule has 0 amide bonds. The predicted octanol–water partition coefficient (Wildman–Crippen LogP) is 5.05. The number of nitrogens with one attached hydrogen (secondary N) is 1. The highest BCUT2D eigenvalue weighted by atomic mass is 28.3. The lowest BCUT2D eigenvalue weighted by molar-refractivity contribution is 0.201. The topological polar surface area (TPSA) is 12.0 Å². The number of hydrogen-bond donors (Lipinski definition) is 1. The SMILES string of the molecule is C[Si](C)(C)C1CC(CC2CCCCN2)C2CCCCC21. The Labute approximate surface area is 127 Å². The maximum absolute atomic E-state index is 3.81. The normalized spacial score (nSPS) is 42.5. The van der Waals surface area contributed by atoms with Gasteiger partial charge in [-0.15, -0.1) is 0 Å². The van der Waals surface area contributed by atoms with E-state index in [1.807, 2.05) is 0 Å². The summed E-state index contributed by atoms with van der Waals surface area (Å²) in [5.41, 5.74) is 1.13. The molecule has 0 spiro atoms. The molecule has 0 bridgehead atoms. The largest absolute Gasteiger partial charge is 0.314 e. The highest BCUT2D eigenvalue weighted by Gasteiger charge is 2.48. The molecule has 2 aliphatic carbocycles. The summed E-state index contributed by atoms with van der Waals surface area (Å²) in [5.74, 6) is 3.28. The van der Waals surface area contributed by atoms with Crippen molar-refractivity contribution in [3.05, 3.63) is 0 Å². The van der Waals surface area contributed by atoms with Gasteiger partial charge in [0.25, 0.3) is 0 Å². The molecule has 2 saturated carbocycles. The number of fused-ring (bicyclic) bond motifs is 1. The van der Waals surface area contributed by atoms with Crippen LogP contribution in [-0.2, 0) is 0 Å². The van der Waals surface area contributed by atoms with E-state index in [2.05, 4.69) is 25.0 Å². The van der Waals surface area contributed by atoms with Crippen LogP contribution >= 0.6 is 0 Å². The summed E-state index contributed by atoms with van der Waals surface area (Å²) in [6, 6.07) is 0.858. The Morgan fingerprint density at radius 3 is 2.25 bits per heavy atom. The average molecular weight is 294 g/mol. The molecule has 0 aromatic heterocycles. The third-order valence-corrected chi connectivity index (χ3v) is 9.55. The summed E-state index contributed by atoms with van der Waals surface area (Å²) in [6.07, 6.45) is 13.6. The first-order valence-corrected chi connectivity index (χ1v) is 12.9. The fourth-order valence-corrected chi connectivity index (χ4v) is 8.41. The Bertz CT molecular complexity index is 316. The molecule has 1 heterocycles. The molecule has 0 aromatic carbocycles. The van der Waals surface area contributed by atoms with Crippen molar-refractivity contribution in [1.82, 2.24) is 5.32 Å². The minimum Gasteiger partial charge on any atom is -0.314 e. The fraction of sp³-hybridized carbons (Fsp3) is 1.00. The van der Waals surface area contributed by atoms with Crippen LogP contribution in [0.4, 0.5) is 0 Å². The van der Waals surface area contributed by atoms with Crippen LogP contribution in [0.2, 0.25) is 25.2 Å². The highest BCUT2D eigenvalue weighted by molar-refractivity contribution is 6.77. The number of piperidine rings is 1. The molecule has 3 aliphatic rings. The van der Waals surface area contributed by atoms with E-state index in [1.54, 1.807) is 19.3 Å². The zero-order chi connectivity index (χ0) is 14.2. The molecular weight excluding hydrogens is 258 g/mol. The molecule has 5 unspecified atom stereocenters. The second-order valence-corrected chi connectivity index (χ2v) is 14.4. The van der Waals surface area contributed by atoms with Gasteiger partial charge in [0.2, 0.25) is 0 Å². The van der Waals surface area contributed by atoms with E-state index in [1.165, 1.54) is 45.1 Å². The van der Waals surface area contributed by atoms with Crippen LogP contribution in [0.15, 0.2) is 0 Å². The molecular formula is C18H35NSi. The number of rotatable bonds is 3. The van der Waals surface area contributed by atoms with Crippen molar-refractivity contribution in [2.24, 2.45) is 17.8 Å². The quantitative estimate of drug-likeness (QED) is 0.718. The van der Waals surface area contributed by atoms with Gasteiger partial charge in [0, 0.05) is 14.1 Å². The van der Waals surface area contributed by atoms with Crippen LogP contribution in [0.3, 0.4) is 0 Å². The van der Waals surface area contributed by atoms with Gasteiger partial charge >= 0.3 is 0 Å². The van der Waals surface area contributed by atoms with E-state index < -0.39 is 8.07 Å². The van der Waals surface area contributed by atoms with E-state index >= 15 is 0 Å². The van der Waals surface area contributed by atoms with E-state index in [-0.39, 0.29) is 0 Å². The van der Waals surface area contributed by atoms with Crippen molar-refractivity contribution in [3.63, 3.8) is 0 Å². The van der Waals surface area contributed by atoms with E-state index in [0.717, 1.165) is 29.3 Å². The Morgan fingerprint density at radius 1 is 0.900 bits per heavy atom. The second kappa shape index (κ2) is 6.12. The van der Waals surface area contributed by atoms with Crippen molar-refractivity contribution in [3.8, 4) is 0 Å². The number of hydrogen-bond acceptors (Lipinski definition) is 1. The fourth-order valence-electron chi connectivity index (χ4n) is 5.71. The molecule has 0 radical (unpaired) electrons. The highest BCUT2D eigenvalue weighted by Crippen LogP contribution is 2.56. The Balaban J connectivity index is 1.67. The minimum absolute atomic E-state index is 0.858. The van der Waals surface area contributed by atoms with Crippen LogP contribution in [0.1, 0.15) is 57.8 Å². The van der Waals surface area contributed by atoms with Gasteiger partial charge in [0.1, 0.15) is 0 Å². The second-order valence-electron chi connectivity index (χ2n) is 8.96. The first kappa shape index (κ1) is 15.1. The lowest BCUT2D eigenvalue weighted by Crippen LogP contribution is -2.36. The minimum atomic E-state index is -0.960. The van der Waals surface area contributed by atoms with Gasteiger partial charge in [-0.3, -0.25) is 0 Å². The summed E-state index contributed by atoms with van der Waals surface area (Å²) in [4.78, 5) is 0. The smallest absolute Gasteiger partial charge is 0.0476 e. The Hall–Kier alpha value is 0.177. The molecule has 2 heteroatoms. The third-order valence-electron chi connectivity index (χ3n) is 6.67. The van der Waals surface area contributed by atoms with E-state index in [4.69, 9.17) is 0 Å². The van der Waals surface area contributed by atoms with Crippen molar-refractivity contribution in [2.75, 3.05) is 6.54 Å². The first-order chi connectivity index (χ1) is 9.55. The van der Waals surface area contributed by atoms with Gasteiger partial charge in [-0.1, -0.05) is 45.3 Å². The maximum atomic E-state index is 3.81. The van der Waals surface area contributed by atoms with Gasteiger partial charge < -0.3 is 5.32 Å². The van der Waals surface area contributed by atoms with Crippen LogP contribution in [0.5, 0.6) is 0 Å². The van der Waals surface area contributed by atoms with Gasteiger partial charge in [0.15, 0.2) is 0 Å². The molecule has 1 N–H and O–H groups in total. The molecule has 1 saturated heterocycles. The van der Waals surface area contributed by atoms with Gasteiger partial charge in [-0.25, -0.2) is 0 Å². The summed E-state index contributed by atoms with van der Waals surface area (Å²) >= 11 is 0. The molecule has 5 atom stereocenters. The van der Waals surface area contributed by atoms with Crippen LogP contribution in [-0.4, -0.2) is 20.7 Å². The predicted molar refractivity (Wildman–Crippen MR) is 90.9 cm³/mol. The third kappa shape index (κ3) is 3.16. The van der Waals surface area contributed by atoms with Gasteiger partial charge in [-0.2, -0.15) is 0 Å². The summed E-state index contributed by atoms with van der Waals surface area (Å²) in [6.45, 7) is 9.17. The molecule has 1 nitrogen and oxygen atoms in total. The molecule has 3 fully saturated rings. The molecule has 116 valence electrons. The Morgan fingerprint density at radius 2 is 1.60 bits per heavy atom. The molecule has 3 rings (SSSR count). The van der Waals surface area contributed by atoms with Gasteiger partial charge in [-0.05, 0) is 61.9 Å². The monoisotopic (exact) mass is 293 g/mol.